The van der Waals surface area contributed by atoms with E-state index in [0.717, 1.165) is 19.3 Å². The van der Waals surface area contributed by atoms with Crippen LogP contribution in [0.4, 0.5) is 5.69 Å². The molecule has 5 nitrogen and oxygen atoms in total. The van der Waals surface area contributed by atoms with Crippen LogP contribution in [0.15, 0.2) is 23.4 Å². The number of sulfonamides is 1. The van der Waals surface area contributed by atoms with Crippen molar-refractivity contribution in [1.29, 1.82) is 0 Å². The van der Waals surface area contributed by atoms with Gasteiger partial charge in [-0.3, -0.25) is 0 Å². The molecule has 1 heterocycles. The zero-order valence-corrected chi connectivity index (χ0v) is 14.0. The molecule has 0 bridgehead atoms. The third kappa shape index (κ3) is 6.01. The van der Waals surface area contributed by atoms with Crippen molar-refractivity contribution in [2.75, 3.05) is 11.9 Å². The summed E-state index contributed by atoms with van der Waals surface area (Å²) in [7, 11) is -3.58. The van der Waals surface area contributed by atoms with Crippen molar-refractivity contribution in [2.24, 2.45) is 0 Å². The first kappa shape index (κ1) is 17.9. The van der Waals surface area contributed by atoms with Crippen LogP contribution >= 0.6 is 0 Å². The molecule has 21 heavy (non-hydrogen) atoms. The number of anilines is 1. The van der Waals surface area contributed by atoms with Gasteiger partial charge in [0.05, 0.1) is 5.69 Å². The van der Waals surface area contributed by atoms with E-state index in [4.69, 9.17) is 0 Å². The van der Waals surface area contributed by atoms with Gasteiger partial charge < -0.3 is 5.32 Å². The summed E-state index contributed by atoms with van der Waals surface area (Å²) in [4.78, 5) is 4.02. The maximum absolute atomic E-state index is 12.4. The molecule has 1 aromatic heterocycles. The van der Waals surface area contributed by atoms with Crippen molar-refractivity contribution >= 4 is 15.7 Å². The molecule has 1 aromatic rings. The van der Waals surface area contributed by atoms with Crippen molar-refractivity contribution in [2.45, 2.75) is 63.9 Å². The Bertz CT molecular complexity index is 517. The molecule has 1 atom stereocenters. The fraction of sp³-hybridized carbons (Fsp3) is 0.667. The van der Waals surface area contributed by atoms with Gasteiger partial charge >= 0.3 is 0 Å². The molecular weight excluding hydrogens is 286 g/mol. The Morgan fingerprint density at radius 2 is 2.00 bits per heavy atom. The molecule has 0 aliphatic carbocycles. The highest BCUT2D eigenvalue weighted by molar-refractivity contribution is 7.89. The van der Waals surface area contributed by atoms with E-state index in [9.17, 15) is 8.42 Å². The number of unbranched alkanes of at least 4 members (excludes halogenated alkanes) is 3. The van der Waals surface area contributed by atoms with Crippen molar-refractivity contribution in [3.8, 4) is 0 Å². The lowest BCUT2D eigenvalue weighted by atomic mass is 10.1. The number of rotatable bonds is 10. The monoisotopic (exact) mass is 313 g/mol. The molecule has 2 N–H and O–H groups in total. The number of hydrogen-bond acceptors (Lipinski definition) is 4. The normalized spacial score (nSPS) is 13.1. The van der Waals surface area contributed by atoms with Gasteiger partial charge in [-0.05, 0) is 32.4 Å². The van der Waals surface area contributed by atoms with E-state index in [-0.39, 0.29) is 11.1 Å². The second-order valence-corrected chi connectivity index (χ2v) is 6.89. The molecule has 0 aromatic carbocycles. The second kappa shape index (κ2) is 9.00. The quantitative estimate of drug-likeness (QED) is 0.651. The first-order valence-corrected chi connectivity index (χ1v) is 9.20. The topological polar surface area (TPSA) is 71.1 Å². The Morgan fingerprint density at radius 1 is 1.24 bits per heavy atom. The van der Waals surface area contributed by atoms with Gasteiger partial charge in [-0.2, -0.15) is 0 Å². The molecule has 0 amide bonds. The minimum absolute atomic E-state index is 0.0762. The maximum Gasteiger partial charge on any atom is 0.260 e. The molecule has 0 radical (unpaired) electrons. The molecular formula is C15H27N3O2S. The number of nitrogens with one attached hydrogen (secondary N) is 2. The summed E-state index contributed by atoms with van der Waals surface area (Å²) in [5.74, 6) is 0. The van der Waals surface area contributed by atoms with Crippen LogP contribution in [-0.4, -0.2) is 26.0 Å². The van der Waals surface area contributed by atoms with Crippen LogP contribution in [-0.2, 0) is 10.0 Å². The van der Waals surface area contributed by atoms with Crippen molar-refractivity contribution < 1.29 is 8.42 Å². The Hall–Kier alpha value is -1.14. The first-order valence-electron chi connectivity index (χ1n) is 7.72. The lowest BCUT2D eigenvalue weighted by Gasteiger charge is -2.15. The van der Waals surface area contributed by atoms with Gasteiger partial charge in [-0.1, -0.05) is 32.6 Å². The first-order chi connectivity index (χ1) is 10.0. The van der Waals surface area contributed by atoms with Gasteiger partial charge in [-0.15, -0.1) is 0 Å². The summed E-state index contributed by atoms with van der Waals surface area (Å²) in [6.45, 7) is 6.64. The zero-order valence-electron chi connectivity index (χ0n) is 13.2. The van der Waals surface area contributed by atoms with E-state index < -0.39 is 10.0 Å². The summed E-state index contributed by atoms with van der Waals surface area (Å²) in [5, 5.41) is 3.11. The van der Waals surface area contributed by atoms with Crippen LogP contribution in [0.1, 0.15) is 52.9 Å². The molecule has 0 aliphatic heterocycles. The molecule has 120 valence electrons. The molecule has 0 saturated carbocycles. The Kier molecular flexibility index (Phi) is 7.67. The zero-order chi connectivity index (χ0) is 15.7. The molecule has 1 unspecified atom stereocenters. The molecule has 0 fully saturated rings. The summed E-state index contributed by atoms with van der Waals surface area (Å²) >= 11 is 0. The van der Waals surface area contributed by atoms with Gasteiger partial charge in [0.15, 0.2) is 5.03 Å². The van der Waals surface area contributed by atoms with Gasteiger partial charge in [0.1, 0.15) is 0 Å². The van der Waals surface area contributed by atoms with Crippen molar-refractivity contribution in [3.63, 3.8) is 0 Å². The molecule has 6 heteroatoms. The number of nitrogens with zero attached hydrogens (tertiary/aromatic N) is 1. The van der Waals surface area contributed by atoms with Crippen LogP contribution in [0, 0.1) is 0 Å². The van der Waals surface area contributed by atoms with Gasteiger partial charge in [0.25, 0.3) is 10.0 Å². The lowest BCUT2D eigenvalue weighted by molar-refractivity contribution is 0.520. The third-order valence-corrected chi connectivity index (χ3v) is 4.79. The largest absolute Gasteiger partial charge is 0.383 e. The maximum atomic E-state index is 12.4. The average Bonchev–Trinajstić information content (AvgIpc) is 2.44. The van der Waals surface area contributed by atoms with Gasteiger partial charge in [-0.25, -0.2) is 18.1 Å². The number of aromatic nitrogens is 1. The standard InChI is InChI=1S/C15H27N3O2S/c1-4-6-7-8-10-13(3)18-21(19,20)15-14(16-5-2)11-9-12-17-15/h9,11-13,16,18H,4-8,10H2,1-3H3. The van der Waals surface area contributed by atoms with E-state index in [1.165, 1.54) is 19.0 Å². The van der Waals surface area contributed by atoms with E-state index in [0.29, 0.717) is 12.2 Å². The fourth-order valence-corrected chi connectivity index (χ4v) is 3.58. The highest BCUT2D eigenvalue weighted by Gasteiger charge is 2.21. The summed E-state index contributed by atoms with van der Waals surface area (Å²) in [6.07, 6.45) is 6.92. The van der Waals surface area contributed by atoms with Crippen molar-refractivity contribution in [3.05, 3.63) is 18.3 Å². The summed E-state index contributed by atoms with van der Waals surface area (Å²) in [5.41, 5.74) is 0.547. The smallest absolute Gasteiger partial charge is 0.260 e. The van der Waals surface area contributed by atoms with Gasteiger partial charge in [0.2, 0.25) is 0 Å². The SMILES string of the molecule is CCCCCCC(C)NS(=O)(=O)c1ncccc1NCC. The minimum Gasteiger partial charge on any atom is -0.383 e. The molecule has 0 aliphatic rings. The predicted molar refractivity (Wildman–Crippen MR) is 86.9 cm³/mol. The fourth-order valence-electron chi connectivity index (χ4n) is 2.19. The second-order valence-electron chi connectivity index (χ2n) is 5.26. The third-order valence-electron chi connectivity index (χ3n) is 3.24. The minimum atomic E-state index is -3.58. The Morgan fingerprint density at radius 3 is 2.67 bits per heavy atom. The average molecular weight is 313 g/mol. The summed E-state index contributed by atoms with van der Waals surface area (Å²) in [6, 6.07) is 3.38. The van der Waals surface area contributed by atoms with Gasteiger partial charge in [0, 0.05) is 18.8 Å². The number of pyridine rings is 1. The van der Waals surface area contributed by atoms with Crippen LogP contribution in [0.2, 0.25) is 0 Å². The summed E-state index contributed by atoms with van der Waals surface area (Å²) < 4.78 is 27.5. The van der Waals surface area contributed by atoms with E-state index >= 15 is 0 Å². The van der Waals surface area contributed by atoms with Crippen LogP contribution in [0.5, 0.6) is 0 Å². The molecule has 0 spiro atoms. The van der Waals surface area contributed by atoms with E-state index in [1.54, 1.807) is 12.1 Å². The molecule has 1 rings (SSSR count). The molecule has 0 saturated heterocycles. The predicted octanol–water partition coefficient (Wildman–Crippen LogP) is 3.15. The highest BCUT2D eigenvalue weighted by atomic mass is 32.2. The Balaban J connectivity index is 2.68. The van der Waals surface area contributed by atoms with Crippen molar-refractivity contribution in [1.82, 2.24) is 9.71 Å². The highest BCUT2D eigenvalue weighted by Crippen LogP contribution is 2.18. The van der Waals surface area contributed by atoms with Crippen LogP contribution in [0.3, 0.4) is 0 Å². The Labute approximate surface area is 128 Å². The van der Waals surface area contributed by atoms with Crippen LogP contribution < -0.4 is 10.0 Å². The number of hydrogen-bond donors (Lipinski definition) is 2. The van der Waals surface area contributed by atoms with Crippen LogP contribution in [0.25, 0.3) is 0 Å². The lowest BCUT2D eigenvalue weighted by Crippen LogP contribution is -2.33. The van der Waals surface area contributed by atoms with E-state index in [2.05, 4.69) is 21.9 Å². The van der Waals surface area contributed by atoms with E-state index in [1.807, 2.05) is 13.8 Å².